The van der Waals surface area contributed by atoms with Crippen molar-refractivity contribution >= 4 is 29.5 Å². The number of carboxylic acids is 1. The van der Waals surface area contributed by atoms with Crippen molar-refractivity contribution in [1.29, 1.82) is 0 Å². The molecule has 4 rings (SSSR count). The first-order chi connectivity index (χ1) is 13.3. The average Bonchev–Trinajstić information content (AvgIpc) is 3.40. The number of nitrogens with zero attached hydrogens (tertiary/aromatic N) is 1. The zero-order chi connectivity index (χ0) is 20.2. The summed E-state index contributed by atoms with van der Waals surface area (Å²) in [6.45, 7) is 1.85. The molecule has 2 saturated heterocycles. The van der Waals surface area contributed by atoms with Crippen LogP contribution < -0.4 is 11.1 Å². The van der Waals surface area contributed by atoms with Gasteiger partial charge in [0.25, 0.3) is 5.91 Å². The molecule has 2 amide bonds. The molecule has 10 heteroatoms. The van der Waals surface area contributed by atoms with E-state index in [-0.39, 0.29) is 23.7 Å². The number of benzene rings is 1. The second-order valence-electron chi connectivity index (χ2n) is 6.91. The molecule has 5 atom stereocenters. The van der Waals surface area contributed by atoms with Gasteiger partial charge in [0, 0.05) is 11.3 Å². The summed E-state index contributed by atoms with van der Waals surface area (Å²) in [6.07, 6.45) is -0.333. The number of carboxylic acid groups (broad SMARTS) is 1. The predicted octanol–water partition coefficient (Wildman–Crippen LogP) is -0.0821. The van der Waals surface area contributed by atoms with Crippen molar-refractivity contribution in [2.24, 2.45) is 5.73 Å². The number of aliphatic carboxylic acids is 1. The molecule has 1 aromatic carbocycles. The lowest BCUT2D eigenvalue weighted by atomic mass is 9.99. The number of β-lactam (4-membered cyclic amide) rings is 1. The minimum atomic E-state index is -1.18. The third-order valence-electron chi connectivity index (χ3n) is 5.09. The Labute approximate surface area is 164 Å². The van der Waals surface area contributed by atoms with Gasteiger partial charge in [0.1, 0.15) is 35.0 Å². The molecule has 1 aromatic rings. The summed E-state index contributed by atoms with van der Waals surface area (Å²) in [5.41, 5.74) is 6.99. The number of carbonyl (C=O) groups excluding carboxylic acids is 2. The van der Waals surface area contributed by atoms with E-state index >= 15 is 0 Å². The zero-order valence-electron chi connectivity index (χ0n) is 14.9. The molecular weight excluding hydrogens is 386 g/mol. The molecule has 3 aliphatic rings. The van der Waals surface area contributed by atoms with E-state index in [2.05, 4.69) is 5.32 Å². The van der Waals surface area contributed by atoms with Crippen LogP contribution in [-0.4, -0.2) is 62.3 Å². The second kappa shape index (κ2) is 6.80. The maximum atomic E-state index is 12.6. The van der Waals surface area contributed by atoms with Gasteiger partial charge < -0.3 is 26.0 Å². The molecule has 5 N–H and O–H groups in total. The first-order valence-corrected chi connectivity index (χ1v) is 9.76. The first kappa shape index (κ1) is 18.8. The molecule has 3 heterocycles. The second-order valence-corrected chi connectivity index (χ2v) is 8.01. The van der Waals surface area contributed by atoms with Gasteiger partial charge in [0.05, 0.1) is 6.10 Å². The van der Waals surface area contributed by atoms with E-state index in [0.717, 1.165) is 0 Å². The average molecular weight is 405 g/mol. The largest absolute Gasteiger partial charge is 0.508 e. The third-order valence-corrected chi connectivity index (χ3v) is 6.39. The number of ether oxygens (including phenoxy) is 1. The van der Waals surface area contributed by atoms with Gasteiger partial charge in [-0.05, 0) is 24.6 Å². The van der Waals surface area contributed by atoms with E-state index in [9.17, 15) is 24.6 Å². The molecule has 0 spiro atoms. The molecule has 148 valence electrons. The minimum absolute atomic E-state index is 0.0450. The Bertz CT molecular complexity index is 886. The Morgan fingerprint density at radius 2 is 2.00 bits per heavy atom. The summed E-state index contributed by atoms with van der Waals surface area (Å²) in [5, 5.41) is 21.1. The fraction of sp³-hybridized carbons (Fsp3) is 0.389. The highest BCUT2D eigenvalue weighted by Gasteiger charge is 2.56. The maximum absolute atomic E-state index is 12.6. The van der Waals surface area contributed by atoms with Crippen LogP contribution in [0.4, 0.5) is 0 Å². The van der Waals surface area contributed by atoms with E-state index in [1.807, 2.05) is 6.92 Å². The standard InChI is InChI=1S/C18H19N3O6S/c1-7-14(27-7)10-6-28-17-12(16(24)21(17)13(10)18(25)26)20-15(23)11(19)8-2-4-9(22)5-3-8/h2-5,7,11-12,14,17,22H,6,19H2,1H3,(H,20,23)(H,25,26)/t7?,11-,12-,14?,17-/m1/s1. The molecule has 0 radical (unpaired) electrons. The number of epoxide rings is 1. The van der Waals surface area contributed by atoms with Gasteiger partial charge >= 0.3 is 5.97 Å². The summed E-state index contributed by atoms with van der Waals surface area (Å²) < 4.78 is 5.38. The summed E-state index contributed by atoms with van der Waals surface area (Å²) in [6, 6.07) is 4.04. The summed E-state index contributed by atoms with van der Waals surface area (Å²) >= 11 is 1.39. The lowest BCUT2D eigenvalue weighted by Crippen LogP contribution is -2.71. The number of hydrogen-bond donors (Lipinski definition) is 4. The van der Waals surface area contributed by atoms with Crippen molar-refractivity contribution in [1.82, 2.24) is 10.2 Å². The number of rotatable bonds is 5. The SMILES string of the molecule is CC1OC1C1=C(C(=O)O)N2C(=O)[C@@H](NC(=O)[C@H](N)c3ccc(O)cc3)[C@H]2SC1. The molecule has 0 saturated carbocycles. The highest BCUT2D eigenvalue weighted by Crippen LogP contribution is 2.44. The Balaban J connectivity index is 1.48. The lowest BCUT2D eigenvalue weighted by Gasteiger charge is -2.49. The highest BCUT2D eigenvalue weighted by atomic mass is 32.2. The van der Waals surface area contributed by atoms with Crippen LogP contribution in [0.15, 0.2) is 35.5 Å². The highest BCUT2D eigenvalue weighted by molar-refractivity contribution is 8.00. The van der Waals surface area contributed by atoms with Crippen LogP contribution in [-0.2, 0) is 19.1 Å². The van der Waals surface area contributed by atoms with Crippen molar-refractivity contribution in [2.75, 3.05) is 5.75 Å². The number of fused-ring (bicyclic) bond motifs is 1. The van der Waals surface area contributed by atoms with Crippen molar-refractivity contribution in [2.45, 2.75) is 36.6 Å². The number of phenols is 1. The molecule has 9 nitrogen and oxygen atoms in total. The van der Waals surface area contributed by atoms with Crippen molar-refractivity contribution in [3.05, 3.63) is 41.1 Å². The quantitative estimate of drug-likeness (QED) is 0.393. The monoisotopic (exact) mass is 405 g/mol. The van der Waals surface area contributed by atoms with Crippen LogP contribution in [0.1, 0.15) is 18.5 Å². The summed E-state index contributed by atoms with van der Waals surface area (Å²) in [4.78, 5) is 38.0. The minimum Gasteiger partial charge on any atom is -0.508 e. The van der Waals surface area contributed by atoms with E-state index in [0.29, 0.717) is 16.9 Å². The molecule has 0 aromatic heterocycles. The lowest BCUT2D eigenvalue weighted by molar-refractivity contribution is -0.150. The van der Waals surface area contributed by atoms with Crippen molar-refractivity contribution in [3.8, 4) is 5.75 Å². The van der Waals surface area contributed by atoms with Crippen LogP contribution in [0.2, 0.25) is 0 Å². The summed E-state index contributed by atoms with van der Waals surface area (Å²) in [7, 11) is 0. The molecule has 0 aliphatic carbocycles. The predicted molar refractivity (Wildman–Crippen MR) is 99.1 cm³/mol. The van der Waals surface area contributed by atoms with E-state index < -0.39 is 35.2 Å². The Hall–Kier alpha value is -2.56. The first-order valence-electron chi connectivity index (χ1n) is 8.71. The fourth-order valence-corrected chi connectivity index (χ4v) is 4.87. The number of nitrogens with two attached hydrogens (primary N) is 1. The van der Waals surface area contributed by atoms with Crippen molar-refractivity contribution < 1.29 is 29.3 Å². The van der Waals surface area contributed by atoms with E-state index in [4.69, 9.17) is 10.5 Å². The van der Waals surface area contributed by atoms with Crippen molar-refractivity contribution in [3.63, 3.8) is 0 Å². The van der Waals surface area contributed by atoms with E-state index in [1.165, 1.54) is 40.9 Å². The van der Waals surface area contributed by atoms with Crippen LogP contribution in [0, 0.1) is 0 Å². The number of thioether (sulfide) groups is 1. The molecule has 0 bridgehead atoms. The van der Waals surface area contributed by atoms with Gasteiger partial charge in [-0.1, -0.05) is 12.1 Å². The molecule has 2 fully saturated rings. The smallest absolute Gasteiger partial charge is 0.352 e. The number of aromatic hydroxyl groups is 1. The van der Waals surface area contributed by atoms with Gasteiger partial charge in [0.15, 0.2) is 0 Å². The van der Waals surface area contributed by atoms with Crippen LogP contribution >= 0.6 is 11.8 Å². The fourth-order valence-electron chi connectivity index (χ4n) is 3.49. The van der Waals surface area contributed by atoms with E-state index in [1.54, 1.807) is 0 Å². The molecule has 3 aliphatic heterocycles. The molecular formula is C18H19N3O6S. The van der Waals surface area contributed by atoms with Gasteiger partial charge in [0.2, 0.25) is 5.91 Å². The number of carbonyl (C=O) groups is 3. The number of nitrogens with one attached hydrogen (secondary N) is 1. The Kier molecular flexibility index (Phi) is 4.56. The van der Waals surface area contributed by atoms with Crippen LogP contribution in [0.25, 0.3) is 0 Å². The van der Waals surface area contributed by atoms with Crippen LogP contribution in [0.5, 0.6) is 5.75 Å². The number of phenolic OH excluding ortho intramolecular Hbond substituents is 1. The molecule has 28 heavy (non-hydrogen) atoms. The van der Waals surface area contributed by atoms with Crippen LogP contribution in [0.3, 0.4) is 0 Å². The zero-order valence-corrected chi connectivity index (χ0v) is 15.7. The molecule has 2 unspecified atom stereocenters. The van der Waals surface area contributed by atoms with Gasteiger partial charge in [-0.15, -0.1) is 11.8 Å². The summed E-state index contributed by atoms with van der Waals surface area (Å²) in [5.74, 6) is -1.73. The Morgan fingerprint density at radius 1 is 1.36 bits per heavy atom. The van der Waals surface area contributed by atoms with Gasteiger partial charge in [-0.2, -0.15) is 0 Å². The normalized spacial score (nSPS) is 29.6. The topological polar surface area (TPSA) is 145 Å². The van der Waals surface area contributed by atoms with Gasteiger partial charge in [-0.25, -0.2) is 4.79 Å². The van der Waals surface area contributed by atoms with Gasteiger partial charge in [-0.3, -0.25) is 14.5 Å². The third kappa shape index (κ3) is 3.03. The number of amides is 2. The number of hydrogen-bond acceptors (Lipinski definition) is 7. The maximum Gasteiger partial charge on any atom is 0.352 e. The Morgan fingerprint density at radius 3 is 2.57 bits per heavy atom.